The molecule has 2 aliphatic heterocycles. The van der Waals surface area contributed by atoms with Crippen molar-refractivity contribution < 1.29 is 27.8 Å². The van der Waals surface area contributed by atoms with E-state index >= 15 is 8.78 Å². The van der Waals surface area contributed by atoms with Gasteiger partial charge in [-0.25, -0.2) is 8.78 Å². The summed E-state index contributed by atoms with van der Waals surface area (Å²) in [5, 5.41) is 3.77. The number of hydrogen-bond acceptors (Lipinski definition) is 5. The second-order valence-electron chi connectivity index (χ2n) is 22.2. The molecule has 0 spiro atoms. The molecule has 12 rings (SSSR count). The van der Waals surface area contributed by atoms with E-state index in [2.05, 4.69) is 110 Å². The van der Waals surface area contributed by atoms with Gasteiger partial charge in [-0.05, 0) is 160 Å². The van der Waals surface area contributed by atoms with Crippen LogP contribution in [-0.4, -0.2) is 39.3 Å². The third-order valence-corrected chi connectivity index (χ3v) is 17.2. The molecule has 4 aliphatic rings. The van der Waals surface area contributed by atoms with Gasteiger partial charge in [0, 0.05) is 58.2 Å². The number of carbonyl (C=O) groups is 1. The van der Waals surface area contributed by atoms with Gasteiger partial charge in [0.15, 0.2) is 5.60 Å². The topological polar surface area (TPSA) is 60.0 Å². The molecule has 2 aliphatic carbocycles. The van der Waals surface area contributed by atoms with Gasteiger partial charge in [0.25, 0.3) is 5.91 Å². The van der Waals surface area contributed by atoms with Crippen LogP contribution in [-0.2, 0) is 15.8 Å². The minimum Gasteiger partial charge on any atom is -0.497 e. The van der Waals surface area contributed by atoms with Crippen LogP contribution in [0.4, 0.5) is 20.2 Å². The number of methoxy groups -OCH3 is 1. The molecule has 2 heterocycles. The van der Waals surface area contributed by atoms with Gasteiger partial charge in [0.05, 0.1) is 25.7 Å². The SMILES string of the molecule is CCCCC[C@H]1CC[C@H](c2ccc(-c3ccc(C(=O)Nc4ccc(-c5ccc6c(c5)-c5c(c7c(c8c(F)cc(F)cc58)OC(c5ccc(OC)cc5)(c5ccc(N8CCOCC8)cc5)C=C7)C6(C)C)cc4)cc3)cc2)CC1. The van der Waals surface area contributed by atoms with Crippen LogP contribution in [0.25, 0.3) is 50.2 Å². The van der Waals surface area contributed by atoms with E-state index in [0.29, 0.717) is 47.3 Å². The highest BCUT2D eigenvalue weighted by Gasteiger charge is 2.45. The van der Waals surface area contributed by atoms with E-state index in [9.17, 15) is 4.79 Å². The molecule has 1 saturated carbocycles. The molecule has 1 N–H and O–H groups in total. The molecule has 0 aromatic heterocycles. The molecule has 8 aromatic carbocycles. The molecule has 0 bridgehead atoms. The lowest BCUT2D eigenvalue weighted by atomic mass is 9.76. The summed E-state index contributed by atoms with van der Waals surface area (Å²) in [7, 11) is 1.64. The second-order valence-corrected chi connectivity index (χ2v) is 22.2. The second kappa shape index (κ2) is 20.8. The number of amides is 1. The summed E-state index contributed by atoms with van der Waals surface area (Å²) in [6, 6.07) is 49.6. The molecule has 8 heteroatoms. The maximum atomic E-state index is 16.9. The standard InChI is InChI=1S/C69H66F2N2O4/c1-5-6-7-8-44-9-11-45(12-10-44)46-13-15-47(16-14-46)48-17-19-50(20-18-48)67(74)72-55-28-21-49(22-29-55)51-23-34-61-59(41-51)63-60-42-54(70)43-62(71)64(60)66-58(65(63)68(61,2)3)35-36-69(77-66,53-26-32-57(75-4)33-27-53)52-24-30-56(31-25-52)73-37-39-76-40-38-73/h13-36,41-45H,5-12,37-40H2,1-4H3,(H,72,74)/t44-,45-,69?. The first-order chi connectivity index (χ1) is 37.5. The van der Waals surface area contributed by atoms with Crippen LogP contribution in [0.1, 0.15) is 122 Å². The van der Waals surface area contributed by atoms with Crippen molar-refractivity contribution in [2.45, 2.75) is 89.1 Å². The van der Waals surface area contributed by atoms with E-state index in [4.69, 9.17) is 14.2 Å². The summed E-state index contributed by atoms with van der Waals surface area (Å²) in [5.41, 5.74) is 12.3. The monoisotopic (exact) mass is 1020 g/mol. The number of unbranched alkanes of at least 4 members (excludes halogenated alkanes) is 2. The number of rotatable bonds is 13. The van der Waals surface area contributed by atoms with Crippen molar-refractivity contribution in [3.05, 3.63) is 208 Å². The molecule has 2 fully saturated rings. The zero-order chi connectivity index (χ0) is 52.8. The molecule has 0 radical (unpaired) electrons. The fourth-order valence-electron chi connectivity index (χ4n) is 13.0. The lowest BCUT2D eigenvalue weighted by Gasteiger charge is -2.39. The van der Waals surface area contributed by atoms with Crippen molar-refractivity contribution in [3.8, 4) is 44.9 Å². The predicted molar refractivity (Wildman–Crippen MR) is 308 cm³/mol. The van der Waals surface area contributed by atoms with Gasteiger partial charge in [-0.1, -0.05) is 137 Å². The van der Waals surface area contributed by atoms with E-state index in [0.717, 1.165) is 92.0 Å². The minimum atomic E-state index is -1.16. The van der Waals surface area contributed by atoms with Crippen LogP contribution in [0, 0.1) is 17.6 Å². The fourth-order valence-corrected chi connectivity index (χ4v) is 13.0. The number of nitrogens with one attached hydrogen (secondary N) is 1. The summed E-state index contributed by atoms with van der Waals surface area (Å²) in [6.07, 6.45) is 14.8. The van der Waals surface area contributed by atoms with Crippen LogP contribution in [0.5, 0.6) is 11.5 Å². The minimum absolute atomic E-state index is 0.183. The van der Waals surface area contributed by atoms with Crippen molar-refractivity contribution in [2.75, 3.05) is 43.6 Å². The number of carbonyl (C=O) groups excluding carboxylic acids is 1. The summed E-state index contributed by atoms with van der Waals surface area (Å²) in [5.74, 6) is 1.08. The Hall–Kier alpha value is -7.55. The molecule has 77 heavy (non-hydrogen) atoms. The highest BCUT2D eigenvalue weighted by molar-refractivity contribution is 6.09. The van der Waals surface area contributed by atoms with Gasteiger partial charge in [0.2, 0.25) is 0 Å². The number of halogens is 2. The lowest BCUT2D eigenvalue weighted by molar-refractivity contribution is 0.102. The van der Waals surface area contributed by atoms with Gasteiger partial charge in [0.1, 0.15) is 23.1 Å². The molecule has 1 atom stereocenters. The van der Waals surface area contributed by atoms with Crippen LogP contribution >= 0.6 is 0 Å². The summed E-state index contributed by atoms with van der Waals surface area (Å²) >= 11 is 0. The first kappa shape index (κ1) is 50.3. The maximum Gasteiger partial charge on any atom is 0.255 e. The van der Waals surface area contributed by atoms with E-state index in [-0.39, 0.29) is 11.3 Å². The number of nitrogens with zero attached hydrogens (tertiary/aromatic N) is 1. The number of ether oxygens (including phenoxy) is 3. The Morgan fingerprint density at radius 2 is 1.36 bits per heavy atom. The number of hydrogen-bond donors (Lipinski definition) is 1. The number of benzene rings is 8. The average Bonchev–Trinajstić information content (AvgIpc) is 4.00. The van der Waals surface area contributed by atoms with Crippen molar-refractivity contribution in [1.82, 2.24) is 0 Å². The quantitative estimate of drug-likeness (QED) is 0.117. The molecule has 6 nitrogen and oxygen atoms in total. The molecule has 1 saturated heterocycles. The average molecular weight is 1030 g/mol. The van der Waals surface area contributed by atoms with Crippen LogP contribution in [0.3, 0.4) is 0 Å². The number of fused-ring (bicyclic) bond motifs is 8. The number of anilines is 2. The van der Waals surface area contributed by atoms with Gasteiger partial charge in [-0.15, -0.1) is 0 Å². The first-order valence-electron chi connectivity index (χ1n) is 27.7. The zero-order valence-electron chi connectivity index (χ0n) is 44.6. The molecule has 1 unspecified atom stereocenters. The Kier molecular flexibility index (Phi) is 13.6. The summed E-state index contributed by atoms with van der Waals surface area (Å²) < 4.78 is 51.1. The van der Waals surface area contributed by atoms with Crippen LogP contribution < -0.4 is 19.7 Å². The smallest absolute Gasteiger partial charge is 0.255 e. The molecule has 390 valence electrons. The van der Waals surface area contributed by atoms with Crippen molar-refractivity contribution in [1.29, 1.82) is 0 Å². The van der Waals surface area contributed by atoms with Gasteiger partial charge in [-0.2, -0.15) is 0 Å². The Balaban J connectivity index is 0.807. The Bertz CT molecular complexity index is 3500. The largest absolute Gasteiger partial charge is 0.497 e. The molecular weight excluding hydrogens is 959 g/mol. The van der Waals surface area contributed by atoms with Crippen molar-refractivity contribution in [2.24, 2.45) is 5.92 Å². The van der Waals surface area contributed by atoms with E-state index in [1.165, 1.54) is 63.0 Å². The normalized spacial score (nSPS) is 19.3. The predicted octanol–water partition coefficient (Wildman–Crippen LogP) is 17.1. The van der Waals surface area contributed by atoms with Gasteiger partial charge >= 0.3 is 0 Å². The van der Waals surface area contributed by atoms with E-state index in [1.54, 1.807) is 7.11 Å². The maximum absolute atomic E-state index is 16.9. The third kappa shape index (κ3) is 9.39. The summed E-state index contributed by atoms with van der Waals surface area (Å²) in [4.78, 5) is 15.9. The van der Waals surface area contributed by atoms with E-state index in [1.807, 2.05) is 72.8 Å². The zero-order valence-corrected chi connectivity index (χ0v) is 44.6. The molecule has 8 aromatic rings. The van der Waals surface area contributed by atoms with E-state index < -0.39 is 22.7 Å². The Morgan fingerprint density at radius 3 is 2.04 bits per heavy atom. The molecule has 1 amide bonds. The highest BCUT2D eigenvalue weighted by Crippen LogP contribution is 2.59. The van der Waals surface area contributed by atoms with Crippen molar-refractivity contribution >= 4 is 34.1 Å². The Labute approximate surface area is 451 Å². The third-order valence-electron chi connectivity index (χ3n) is 17.2. The van der Waals surface area contributed by atoms with Crippen LogP contribution in [0.15, 0.2) is 158 Å². The lowest BCUT2D eigenvalue weighted by Crippen LogP contribution is -2.37. The highest BCUT2D eigenvalue weighted by atomic mass is 19.1. The van der Waals surface area contributed by atoms with Crippen molar-refractivity contribution in [3.63, 3.8) is 0 Å². The fraction of sp³-hybridized carbons (Fsp3) is 0.290. The van der Waals surface area contributed by atoms with Crippen LogP contribution in [0.2, 0.25) is 0 Å². The number of morpholine rings is 1. The first-order valence-corrected chi connectivity index (χ1v) is 27.7. The Morgan fingerprint density at radius 1 is 0.727 bits per heavy atom. The summed E-state index contributed by atoms with van der Waals surface area (Å²) in [6.45, 7) is 9.58. The molecular formula is C69H66F2N2O4. The van der Waals surface area contributed by atoms with Gasteiger partial charge < -0.3 is 24.4 Å². The van der Waals surface area contributed by atoms with Gasteiger partial charge in [-0.3, -0.25) is 4.79 Å².